The van der Waals surface area contributed by atoms with E-state index in [1.807, 2.05) is 6.92 Å². The van der Waals surface area contributed by atoms with Crippen LogP contribution in [-0.2, 0) is 5.75 Å². The van der Waals surface area contributed by atoms with E-state index in [1.165, 1.54) is 12.1 Å². The summed E-state index contributed by atoms with van der Waals surface area (Å²) in [6.07, 6.45) is 0. The number of rotatable bonds is 4. The van der Waals surface area contributed by atoms with E-state index in [0.717, 1.165) is 5.56 Å². The number of hydrogen-bond acceptors (Lipinski definition) is 3. The maximum absolute atomic E-state index is 13.3. The number of aliphatic hydroxyl groups excluding tert-OH is 2. The second kappa shape index (κ2) is 7.33. The fourth-order valence-electron chi connectivity index (χ4n) is 1.24. The monoisotopic (exact) mass is 254 g/mol. The molecule has 0 aliphatic rings. The van der Waals surface area contributed by atoms with Crippen molar-refractivity contribution in [1.29, 1.82) is 0 Å². The highest BCUT2D eigenvalue weighted by atomic mass is 32.2. The standard InChI is InChI=1S/C13H15FO2S/c1-10(8-16)17-9-12-5-11(3-2-4-15)6-13(14)7-12/h5-7,10,15-16H,4,8-9H2,1H3. The molecule has 0 amide bonds. The van der Waals surface area contributed by atoms with Crippen molar-refractivity contribution in [2.45, 2.75) is 17.9 Å². The third-order valence-corrected chi connectivity index (χ3v) is 3.28. The van der Waals surface area contributed by atoms with Crippen LogP contribution in [-0.4, -0.2) is 28.7 Å². The van der Waals surface area contributed by atoms with Gasteiger partial charge in [0.1, 0.15) is 12.4 Å². The molecule has 2 nitrogen and oxygen atoms in total. The van der Waals surface area contributed by atoms with Crippen LogP contribution >= 0.6 is 11.8 Å². The maximum Gasteiger partial charge on any atom is 0.124 e. The van der Waals surface area contributed by atoms with Crippen LogP contribution in [0.15, 0.2) is 18.2 Å². The first-order valence-corrected chi connectivity index (χ1v) is 6.32. The number of halogens is 1. The first-order chi connectivity index (χ1) is 8.15. The topological polar surface area (TPSA) is 40.5 Å². The second-order valence-corrected chi connectivity index (χ2v) is 5.04. The van der Waals surface area contributed by atoms with Gasteiger partial charge in [-0.05, 0) is 23.8 Å². The van der Waals surface area contributed by atoms with Gasteiger partial charge in [-0.25, -0.2) is 4.39 Å². The molecule has 1 aromatic carbocycles. The molecule has 0 aliphatic carbocycles. The molecule has 1 unspecified atom stereocenters. The Balaban J connectivity index is 2.75. The normalized spacial score (nSPS) is 11.8. The number of aliphatic hydroxyl groups is 2. The molecule has 0 saturated carbocycles. The van der Waals surface area contributed by atoms with Crippen molar-refractivity contribution in [2.75, 3.05) is 13.2 Å². The fraction of sp³-hybridized carbons (Fsp3) is 0.385. The molecule has 17 heavy (non-hydrogen) atoms. The summed E-state index contributed by atoms with van der Waals surface area (Å²) in [5, 5.41) is 17.6. The Morgan fingerprint density at radius 1 is 1.35 bits per heavy atom. The van der Waals surface area contributed by atoms with Gasteiger partial charge in [-0.2, -0.15) is 11.8 Å². The lowest BCUT2D eigenvalue weighted by molar-refractivity contribution is 0.300. The molecule has 0 bridgehead atoms. The van der Waals surface area contributed by atoms with E-state index in [1.54, 1.807) is 17.8 Å². The Hall–Kier alpha value is -1.02. The Morgan fingerprint density at radius 3 is 2.76 bits per heavy atom. The molecule has 2 N–H and O–H groups in total. The van der Waals surface area contributed by atoms with Gasteiger partial charge in [-0.3, -0.25) is 0 Å². The highest BCUT2D eigenvalue weighted by Gasteiger charge is 2.03. The number of hydrogen-bond donors (Lipinski definition) is 2. The summed E-state index contributed by atoms with van der Waals surface area (Å²) < 4.78 is 13.3. The molecule has 0 aromatic heterocycles. The molecule has 92 valence electrons. The lowest BCUT2D eigenvalue weighted by Gasteiger charge is -2.07. The minimum Gasteiger partial charge on any atom is -0.395 e. The minimum atomic E-state index is -0.331. The van der Waals surface area contributed by atoms with Crippen molar-refractivity contribution in [3.05, 3.63) is 35.1 Å². The average molecular weight is 254 g/mol. The van der Waals surface area contributed by atoms with Gasteiger partial charge in [-0.1, -0.05) is 18.8 Å². The Labute approximate surface area is 105 Å². The zero-order valence-electron chi connectivity index (χ0n) is 9.61. The second-order valence-electron chi connectivity index (χ2n) is 3.61. The van der Waals surface area contributed by atoms with Crippen LogP contribution in [0.3, 0.4) is 0 Å². The minimum absolute atomic E-state index is 0.108. The van der Waals surface area contributed by atoms with Crippen LogP contribution in [0.2, 0.25) is 0 Å². The van der Waals surface area contributed by atoms with E-state index in [0.29, 0.717) is 11.3 Å². The molecule has 1 rings (SSSR count). The summed E-state index contributed by atoms with van der Waals surface area (Å²) >= 11 is 1.56. The Morgan fingerprint density at radius 2 is 2.12 bits per heavy atom. The molecule has 0 spiro atoms. The van der Waals surface area contributed by atoms with E-state index >= 15 is 0 Å². The Kier molecular flexibility index (Phi) is 6.06. The van der Waals surface area contributed by atoms with Crippen molar-refractivity contribution in [3.8, 4) is 11.8 Å². The largest absolute Gasteiger partial charge is 0.395 e. The summed E-state index contributed by atoms with van der Waals surface area (Å²) in [5.41, 5.74) is 1.39. The molecule has 1 aromatic rings. The number of thioether (sulfide) groups is 1. The predicted molar refractivity (Wildman–Crippen MR) is 68.2 cm³/mol. The molecule has 4 heteroatoms. The first kappa shape index (κ1) is 14.0. The van der Waals surface area contributed by atoms with E-state index in [2.05, 4.69) is 11.8 Å². The van der Waals surface area contributed by atoms with Crippen LogP contribution < -0.4 is 0 Å². The van der Waals surface area contributed by atoms with Crippen LogP contribution in [0.5, 0.6) is 0 Å². The van der Waals surface area contributed by atoms with Crippen LogP contribution in [0.25, 0.3) is 0 Å². The van der Waals surface area contributed by atoms with Gasteiger partial charge in [0.2, 0.25) is 0 Å². The molecule has 0 saturated heterocycles. The van der Waals surface area contributed by atoms with Gasteiger partial charge >= 0.3 is 0 Å². The van der Waals surface area contributed by atoms with Gasteiger partial charge in [-0.15, -0.1) is 0 Å². The third kappa shape index (κ3) is 5.22. The number of benzene rings is 1. The van der Waals surface area contributed by atoms with Gasteiger partial charge in [0.15, 0.2) is 0 Å². The van der Waals surface area contributed by atoms with Gasteiger partial charge < -0.3 is 10.2 Å². The average Bonchev–Trinajstić information content (AvgIpc) is 2.32. The maximum atomic E-state index is 13.3. The van der Waals surface area contributed by atoms with E-state index in [4.69, 9.17) is 10.2 Å². The van der Waals surface area contributed by atoms with Crippen LogP contribution in [0.1, 0.15) is 18.1 Å². The lowest BCUT2D eigenvalue weighted by atomic mass is 10.1. The fourth-order valence-corrected chi connectivity index (χ4v) is 1.99. The molecular weight excluding hydrogens is 239 g/mol. The smallest absolute Gasteiger partial charge is 0.124 e. The molecule has 0 radical (unpaired) electrons. The predicted octanol–water partition coefficient (Wildman–Crippen LogP) is 1.78. The SMILES string of the molecule is CC(CO)SCc1cc(F)cc(C#CCO)c1. The summed E-state index contributed by atoms with van der Waals surface area (Å²) in [6, 6.07) is 4.59. The highest BCUT2D eigenvalue weighted by molar-refractivity contribution is 7.99. The van der Waals surface area contributed by atoms with E-state index in [-0.39, 0.29) is 24.3 Å². The van der Waals surface area contributed by atoms with Gasteiger partial charge in [0, 0.05) is 16.6 Å². The molecular formula is C13H15FO2S. The lowest BCUT2D eigenvalue weighted by Crippen LogP contribution is -2.02. The van der Waals surface area contributed by atoms with E-state index < -0.39 is 0 Å². The van der Waals surface area contributed by atoms with Gasteiger partial charge in [0.25, 0.3) is 0 Å². The van der Waals surface area contributed by atoms with Crippen molar-refractivity contribution in [3.63, 3.8) is 0 Å². The summed E-state index contributed by atoms with van der Waals surface area (Å²) in [6.45, 7) is 1.79. The van der Waals surface area contributed by atoms with Crippen molar-refractivity contribution in [1.82, 2.24) is 0 Å². The van der Waals surface area contributed by atoms with Crippen LogP contribution in [0, 0.1) is 17.7 Å². The van der Waals surface area contributed by atoms with Crippen molar-refractivity contribution < 1.29 is 14.6 Å². The molecule has 0 fully saturated rings. The molecule has 1 atom stereocenters. The zero-order chi connectivity index (χ0) is 12.7. The summed E-state index contributed by atoms with van der Waals surface area (Å²) in [4.78, 5) is 0. The first-order valence-electron chi connectivity index (χ1n) is 5.27. The van der Waals surface area contributed by atoms with Crippen molar-refractivity contribution >= 4 is 11.8 Å². The quantitative estimate of drug-likeness (QED) is 0.805. The summed E-state index contributed by atoms with van der Waals surface area (Å²) in [7, 11) is 0. The van der Waals surface area contributed by atoms with Crippen molar-refractivity contribution in [2.24, 2.45) is 0 Å². The van der Waals surface area contributed by atoms with Gasteiger partial charge in [0.05, 0.1) is 6.61 Å². The highest BCUT2D eigenvalue weighted by Crippen LogP contribution is 2.19. The zero-order valence-corrected chi connectivity index (χ0v) is 10.4. The van der Waals surface area contributed by atoms with Crippen LogP contribution in [0.4, 0.5) is 4.39 Å². The third-order valence-electron chi connectivity index (χ3n) is 2.06. The van der Waals surface area contributed by atoms with E-state index in [9.17, 15) is 4.39 Å². The molecule has 0 heterocycles. The summed E-state index contributed by atoms with van der Waals surface area (Å²) in [5.74, 6) is 5.47. The Bertz CT molecular complexity index is 423. The molecule has 0 aliphatic heterocycles.